The zero-order chi connectivity index (χ0) is 18.8. The number of hydrogen-bond acceptors (Lipinski definition) is 6. The zero-order valence-electron chi connectivity index (χ0n) is 15.1. The number of likely N-dealkylation sites (tertiary alicyclic amines) is 1. The van der Waals surface area contributed by atoms with E-state index < -0.39 is 0 Å². The van der Waals surface area contributed by atoms with Crippen molar-refractivity contribution < 1.29 is 4.74 Å². The molecule has 0 amide bonds. The van der Waals surface area contributed by atoms with E-state index in [1.165, 1.54) is 18.0 Å². The van der Waals surface area contributed by atoms with Crippen LogP contribution < -0.4 is 10.1 Å². The highest BCUT2D eigenvalue weighted by Gasteiger charge is 2.25. The normalized spacial score (nSPS) is 14.4. The first-order chi connectivity index (χ1) is 13.2. The first-order valence-electron chi connectivity index (χ1n) is 8.55. The van der Waals surface area contributed by atoms with E-state index in [4.69, 9.17) is 11.3 Å². The van der Waals surface area contributed by atoms with Gasteiger partial charge in [-0.1, -0.05) is 12.6 Å². The molecule has 0 spiro atoms. The summed E-state index contributed by atoms with van der Waals surface area (Å²) in [5.41, 5.74) is 3.09. The van der Waals surface area contributed by atoms with Crippen LogP contribution in [-0.2, 0) is 0 Å². The SMILES string of the molecule is [C-]#[N+]c1cnc(Nc2cc(-c3ccc(C4CN(C)C4)cc3OC)[nH]n2)cn1. The number of ether oxygens (including phenoxy) is 1. The summed E-state index contributed by atoms with van der Waals surface area (Å²) in [7, 11) is 3.81. The molecular formula is C19H19N7O. The number of aromatic amines is 1. The summed E-state index contributed by atoms with van der Waals surface area (Å²) in [5, 5.41) is 10.4. The second-order valence-electron chi connectivity index (χ2n) is 6.54. The molecule has 2 aromatic heterocycles. The van der Waals surface area contributed by atoms with Crippen LogP contribution in [0.3, 0.4) is 0 Å². The molecule has 8 heteroatoms. The van der Waals surface area contributed by atoms with Gasteiger partial charge in [0.15, 0.2) is 17.8 Å². The minimum Gasteiger partial charge on any atom is -0.496 e. The van der Waals surface area contributed by atoms with Gasteiger partial charge >= 0.3 is 0 Å². The summed E-state index contributed by atoms with van der Waals surface area (Å²) in [6, 6.07) is 8.21. The minimum absolute atomic E-state index is 0.255. The monoisotopic (exact) mass is 361 g/mol. The molecule has 3 aromatic rings. The average molecular weight is 361 g/mol. The van der Waals surface area contributed by atoms with E-state index >= 15 is 0 Å². The number of aromatic nitrogens is 4. The van der Waals surface area contributed by atoms with E-state index in [-0.39, 0.29) is 5.82 Å². The predicted octanol–water partition coefficient (Wildman–Crippen LogP) is 3.20. The van der Waals surface area contributed by atoms with Gasteiger partial charge in [-0.15, -0.1) is 4.98 Å². The summed E-state index contributed by atoms with van der Waals surface area (Å²) in [6.07, 6.45) is 2.93. The molecule has 27 heavy (non-hydrogen) atoms. The Morgan fingerprint density at radius 3 is 2.74 bits per heavy atom. The molecule has 8 nitrogen and oxygen atoms in total. The van der Waals surface area contributed by atoms with Crippen molar-refractivity contribution >= 4 is 17.5 Å². The molecule has 0 saturated carbocycles. The highest BCUT2D eigenvalue weighted by atomic mass is 16.5. The van der Waals surface area contributed by atoms with E-state index in [9.17, 15) is 0 Å². The van der Waals surface area contributed by atoms with Crippen LogP contribution in [0.4, 0.5) is 17.5 Å². The maximum atomic E-state index is 6.91. The summed E-state index contributed by atoms with van der Waals surface area (Å²) in [4.78, 5) is 13.7. The molecular weight excluding hydrogens is 342 g/mol. The quantitative estimate of drug-likeness (QED) is 0.679. The van der Waals surface area contributed by atoms with Crippen LogP contribution in [0.1, 0.15) is 11.5 Å². The third kappa shape index (κ3) is 3.45. The Bertz CT molecular complexity index is 984. The fraction of sp³-hybridized carbons (Fsp3) is 0.263. The molecule has 1 aliphatic heterocycles. The van der Waals surface area contributed by atoms with Crippen molar-refractivity contribution in [2.45, 2.75) is 5.92 Å². The van der Waals surface area contributed by atoms with Crippen LogP contribution in [0.2, 0.25) is 0 Å². The number of anilines is 2. The van der Waals surface area contributed by atoms with Gasteiger partial charge in [-0.05, 0) is 24.7 Å². The van der Waals surface area contributed by atoms with E-state index in [2.05, 4.69) is 60.5 Å². The Morgan fingerprint density at radius 2 is 2.07 bits per heavy atom. The highest BCUT2D eigenvalue weighted by molar-refractivity contribution is 5.71. The van der Waals surface area contributed by atoms with Crippen molar-refractivity contribution in [1.82, 2.24) is 25.1 Å². The maximum Gasteiger partial charge on any atom is 0.288 e. The van der Waals surface area contributed by atoms with Crippen LogP contribution in [0.25, 0.3) is 16.1 Å². The van der Waals surface area contributed by atoms with Crippen LogP contribution in [0.15, 0.2) is 36.7 Å². The number of H-pyrrole nitrogens is 1. The van der Waals surface area contributed by atoms with E-state index in [1.807, 2.05) is 6.07 Å². The number of likely N-dealkylation sites (N-methyl/N-ethyl adjacent to an activating group) is 1. The van der Waals surface area contributed by atoms with Gasteiger partial charge in [0.2, 0.25) is 0 Å². The topological polar surface area (TPSA) is 83.3 Å². The molecule has 1 fully saturated rings. The standard InChI is InChI=1S/C19H19N7O/c1-20-18-8-22-19(9-21-18)23-17-7-15(24-25-17)14-5-4-12(6-16(14)27-3)13-10-26(2)11-13/h4-9,13H,10-11H2,2-3H3,(H2,22,23,24,25). The van der Waals surface area contributed by atoms with Crippen LogP contribution in [0, 0.1) is 6.57 Å². The summed E-state index contributed by atoms with van der Waals surface area (Å²) < 4.78 is 5.61. The smallest absolute Gasteiger partial charge is 0.288 e. The molecule has 0 radical (unpaired) electrons. The van der Waals surface area contributed by atoms with Gasteiger partial charge < -0.3 is 19.8 Å². The first kappa shape index (κ1) is 17.0. The Balaban J connectivity index is 1.54. The van der Waals surface area contributed by atoms with Gasteiger partial charge in [-0.25, -0.2) is 4.98 Å². The lowest BCUT2D eigenvalue weighted by Gasteiger charge is -2.36. The van der Waals surface area contributed by atoms with Crippen molar-refractivity contribution in [3.05, 3.63) is 53.6 Å². The number of hydrogen-bond donors (Lipinski definition) is 2. The summed E-state index contributed by atoms with van der Waals surface area (Å²) in [6.45, 7) is 9.06. The van der Waals surface area contributed by atoms with Crippen molar-refractivity contribution in [3.8, 4) is 17.0 Å². The molecule has 0 unspecified atom stereocenters. The van der Waals surface area contributed by atoms with Crippen molar-refractivity contribution in [1.29, 1.82) is 0 Å². The Kier molecular flexibility index (Phi) is 4.44. The van der Waals surface area contributed by atoms with Gasteiger partial charge in [0, 0.05) is 30.6 Å². The minimum atomic E-state index is 0.255. The second-order valence-corrected chi connectivity index (χ2v) is 6.54. The van der Waals surface area contributed by atoms with E-state index in [1.54, 1.807) is 7.11 Å². The zero-order valence-corrected chi connectivity index (χ0v) is 15.1. The molecule has 3 heterocycles. The van der Waals surface area contributed by atoms with Crippen molar-refractivity contribution in [3.63, 3.8) is 0 Å². The average Bonchev–Trinajstić information content (AvgIpc) is 3.14. The van der Waals surface area contributed by atoms with Crippen LogP contribution in [-0.4, -0.2) is 52.3 Å². The first-order valence-corrected chi connectivity index (χ1v) is 8.55. The van der Waals surface area contributed by atoms with Gasteiger partial charge in [0.05, 0.1) is 19.0 Å². The van der Waals surface area contributed by atoms with Crippen molar-refractivity contribution in [2.24, 2.45) is 0 Å². The van der Waals surface area contributed by atoms with Crippen molar-refractivity contribution in [2.75, 3.05) is 32.6 Å². The maximum absolute atomic E-state index is 6.91. The van der Waals surface area contributed by atoms with Crippen LogP contribution in [0.5, 0.6) is 5.75 Å². The summed E-state index contributed by atoms with van der Waals surface area (Å²) >= 11 is 0. The second kappa shape index (κ2) is 7.05. The molecule has 0 aliphatic carbocycles. The molecule has 136 valence electrons. The number of benzene rings is 1. The molecule has 1 aromatic carbocycles. The number of methoxy groups -OCH3 is 1. The lowest BCUT2D eigenvalue weighted by molar-refractivity contribution is 0.189. The van der Waals surface area contributed by atoms with Gasteiger partial charge in [-0.2, -0.15) is 5.10 Å². The Morgan fingerprint density at radius 1 is 1.22 bits per heavy atom. The third-order valence-electron chi connectivity index (χ3n) is 4.64. The third-order valence-corrected chi connectivity index (χ3v) is 4.64. The fourth-order valence-electron chi connectivity index (χ4n) is 3.19. The highest BCUT2D eigenvalue weighted by Crippen LogP contribution is 2.35. The number of nitrogens with one attached hydrogen (secondary N) is 2. The number of rotatable bonds is 5. The number of nitrogens with zero attached hydrogens (tertiary/aromatic N) is 5. The Hall–Kier alpha value is -3.44. The van der Waals surface area contributed by atoms with E-state index in [0.717, 1.165) is 30.1 Å². The predicted molar refractivity (Wildman–Crippen MR) is 102 cm³/mol. The molecule has 0 bridgehead atoms. The molecule has 0 atom stereocenters. The largest absolute Gasteiger partial charge is 0.496 e. The van der Waals surface area contributed by atoms with Crippen LogP contribution >= 0.6 is 0 Å². The van der Waals surface area contributed by atoms with Gasteiger partial charge in [0.1, 0.15) is 5.75 Å². The summed E-state index contributed by atoms with van der Waals surface area (Å²) in [5.74, 6) is 2.77. The lowest BCUT2D eigenvalue weighted by atomic mass is 9.91. The molecule has 1 saturated heterocycles. The molecule has 2 N–H and O–H groups in total. The molecule has 4 rings (SSSR count). The molecule has 1 aliphatic rings. The Labute approximate surface area is 157 Å². The van der Waals surface area contributed by atoms with E-state index in [0.29, 0.717) is 17.6 Å². The fourth-order valence-corrected chi connectivity index (χ4v) is 3.19. The van der Waals surface area contributed by atoms with Gasteiger partial charge in [-0.3, -0.25) is 5.10 Å². The lowest BCUT2D eigenvalue weighted by Crippen LogP contribution is -2.41. The van der Waals surface area contributed by atoms with Gasteiger partial charge in [0.25, 0.3) is 5.82 Å².